The maximum absolute atomic E-state index is 14.1. The second-order valence-corrected chi connectivity index (χ2v) is 10.8. The summed E-state index contributed by atoms with van der Waals surface area (Å²) in [5, 5.41) is 4.79. The van der Waals surface area contributed by atoms with Crippen LogP contribution in [0.2, 0.25) is 0 Å². The molecule has 10 heteroatoms. The van der Waals surface area contributed by atoms with Gasteiger partial charge in [-0.05, 0) is 74.0 Å². The number of halogens is 1. The Hall–Kier alpha value is -5.09. The maximum Gasteiger partial charge on any atom is 0.338 e. The molecule has 0 unspecified atom stereocenters. The molecule has 6 rings (SSSR count). The lowest BCUT2D eigenvalue weighted by Crippen LogP contribution is -2.39. The molecule has 0 N–H and O–H groups in total. The fraction of sp³-hybridized carbons (Fsp3) is 0.152. The molecule has 8 nitrogen and oxygen atoms in total. The summed E-state index contributed by atoms with van der Waals surface area (Å²) in [6, 6.07) is 22.1. The number of fused-ring (bicyclic) bond motifs is 1. The van der Waals surface area contributed by atoms with E-state index in [4.69, 9.17) is 14.6 Å². The molecule has 0 bridgehead atoms. The van der Waals surface area contributed by atoms with Crippen LogP contribution in [0.25, 0.3) is 23.0 Å². The second-order valence-electron chi connectivity index (χ2n) is 9.80. The van der Waals surface area contributed by atoms with Crippen LogP contribution in [0.15, 0.2) is 106 Å². The third-order valence-corrected chi connectivity index (χ3v) is 8.10. The van der Waals surface area contributed by atoms with Gasteiger partial charge in [-0.15, -0.1) is 0 Å². The number of para-hydroxylation sites is 1. The molecule has 0 radical (unpaired) electrons. The lowest BCUT2D eigenvalue weighted by Gasteiger charge is -2.24. The molecule has 1 aliphatic rings. The number of methoxy groups -OCH3 is 1. The summed E-state index contributed by atoms with van der Waals surface area (Å²) in [5.74, 6) is -0.229. The van der Waals surface area contributed by atoms with Crippen molar-refractivity contribution in [1.82, 2.24) is 14.3 Å². The van der Waals surface area contributed by atoms with Crippen molar-refractivity contribution in [1.29, 1.82) is 0 Å². The zero-order valence-electron chi connectivity index (χ0n) is 23.7. The number of hydrogen-bond acceptors (Lipinski definition) is 7. The lowest BCUT2D eigenvalue weighted by molar-refractivity contribution is -0.139. The standard InChI is InChI=1S/C33H27FN4O4S/c1-4-42-32(40)28-20(2)35-33-38(30(28)22-12-16-26(41-3)17-13-22)31(39)27(43-33)18-23-19-37(25-8-6-5-7-9-25)36-29(23)21-10-14-24(34)15-11-21/h5-19,30H,4H2,1-3H3/b27-18-/t30-/m1/s1. The smallest absolute Gasteiger partial charge is 0.338 e. The molecule has 0 saturated carbocycles. The van der Waals surface area contributed by atoms with Crippen LogP contribution in [0.5, 0.6) is 5.75 Å². The summed E-state index contributed by atoms with van der Waals surface area (Å²) < 4.78 is 28.1. The first-order chi connectivity index (χ1) is 20.9. The van der Waals surface area contributed by atoms with Crippen molar-refractivity contribution in [2.45, 2.75) is 19.9 Å². The van der Waals surface area contributed by atoms with Crippen molar-refractivity contribution in [3.05, 3.63) is 133 Å². The predicted molar refractivity (Wildman–Crippen MR) is 162 cm³/mol. The van der Waals surface area contributed by atoms with Crippen LogP contribution in [0, 0.1) is 5.82 Å². The zero-order valence-corrected chi connectivity index (χ0v) is 24.5. The average molecular weight is 595 g/mol. The molecule has 0 saturated heterocycles. The Morgan fingerprint density at radius 3 is 2.44 bits per heavy atom. The van der Waals surface area contributed by atoms with Gasteiger partial charge in [0.1, 0.15) is 17.3 Å². The van der Waals surface area contributed by atoms with Crippen molar-refractivity contribution in [3.8, 4) is 22.7 Å². The Balaban J connectivity index is 1.55. The Bertz CT molecular complexity index is 2030. The van der Waals surface area contributed by atoms with E-state index >= 15 is 0 Å². The molecule has 3 heterocycles. The zero-order chi connectivity index (χ0) is 30.1. The second kappa shape index (κ2) is 11.7. The van der Waals surface area contributed by atoms with Crippen LogP contribution in [-0.2, 0) is 9.53 Å². The van der Waals surface area contributed by atoms with Crippen molar-refractivity contribution >= 4 is 23.4 Å². The Morgan fingerprint density at radius 1 is 1.05 bits per heavy atom. The van der Waals surface area contributed by atoms with Gasteiger partial charge in [0.25, 0.3) is 5.56 Å². The van der Waals surface area contributed by atoms with E-state index in [2.05, 4.69) is 4.99 Å². The first-order valence-corrected chi connectivity index (χ1v) is 14.4. The van der Waals surface area contributed by atoms with Gasteiger partial charge in [0, 0.05) is 17.3 Å². The van der Waals surface area contributed by atoms with Crippen LogP contribution >= 0.6 is 11.3 Å². The van der Waals surface area contributed by atoms with Crippen LogP contribution in [-0.4, -0.2) is 34.0 Å². The molecular formula is C33H27FN4O4S. The number of rotatable bonds is 7. The van der Waals surface area contributed by atoms with E-state index < -0.39 is 12.0 Å². The van der Waals surface area contributed by atoms with Gasteiger partial charge in [0.05, 0.1) is 41.2 Å². The highest BCUT2D eigenvalue weighted by Gasteiger charge is 2.33. The topological polar surface area (TPSA) is 87.7 Å². The van der Waals surface area contributed by atoms with Crippen molar-refractivity contribution in [2.24, 2.45) is 4.99 Å². The van der Waals surface area contributed by atoms with E-state index in [1.165, 1.54) is 28.0 Å². The minimum atomic E-state index is -0.744. The highest BCUT2D eigenvalue weighted by Crippen LogP contribution is 2.32. The van der Waals surface area contributed by atoms with Gasteiger partial charge in [-0.1, -0.05) is 41.7 Å². The van der Waals surface area contributed by atoms with Gasteiger partial charge in [0.2, 0.25) is 0 Å². The molecule has 0 fully saturated rings. The van der Waals surface area contributed by atoms with E-state index in [-0.39, 0.29) is 18.0 Å². The number of benzene rings is 3. The van der Waals surface area contributed by atoms with Crippen molar-refractivity contribution in [3.63, 3.8) is 0 Å². The molecule has 2 aromatic heterocycles. The highest BCUT2D eigenvalue weighted by molar-refractivity contribution is 7.07. The molecule has 216 valence electrons. The summed E-state index contributed by atoms with van der Waals surface area (Å²) in [5.41, 5.74) is 3.98. The summed E-state index contributed by atoms with van der Waals surface area (Å²) >= 11 is 1.23. The highest BCUT2D eigenvalue weighted by atomic mass is 32.1. The predicted octanol–water partition coefficient (Wildman–Crippen LogP) is 4.80. The molecule has 0 amide bonds. The maximum atomic E-state index is 14.1. The molecule has 5 aromatic rings. The summed E-state index contributed by atoms with van der Waals surface area (Å²) in [6.07, 6.45) is 3.60. The van der Waals surface area contributed by atoms with E-state index in [9.17, 15) is 14.0 Å². The third-order valence-electron chi connectivity index (χ3n) is 7.12. The summed E-state index contributed by atoms with van der Waals surface area (Å²) in [6.45, 7) is 3.67. The minimum absolute atomic E-state index is 0.187. The SMILES string of the molecule is CCOC(=O)C1=C(C)N=c2s/c(=C\c3cn(-c4ccccc4)nc3-c3ccc(F)cc3)c(=O)n2[C@@H]1c1ccc(OC)cc1. The van der Waals surface area contributed by atoms with Gasteiger partial charge in [-0.3, -0.25) is 9.36 Å². The van der Waals surface area contributed by atoms with Crippen LogP contribution in [0.3, 0.4) is 0 Å². The fourth-order valence-electron chi connectivity index (χ4n) is 5.07. The normalized spacial score (nSPS) is 14.8. The quantitative estimate of drug-likeness (QED) is 0.253. The Labute approximate surface area is 250 Å². The van der Waals surface area contributed by atoms with Gasteiger partial charge in [0.15, 0.2) is 4.80 Å². The van der Waals surface area contributed by atoms with E-state index in [1.807, 2.05) is 48.7 Å². The van der Waals surface area contributed by atoms with E-state index in [0.717, 1.165) is 11.3 Å². The number of carbonyl (C=O) groups excluding carboxylic acids is 1. The summed E-state index contributed by atoms with van der Waals surface area (Å²) in [7, 11) is 1.58. The molecule has 43 heavy (non-hydrogen) atoms. The van der Waals surface area contributed by atoms with Gasteiger partial charge < -0.3 is 9.47 Å². The number of thiazole rings is 1. The van der Waals surface area contributed by atoms with Crippen LogP contribution < -0.4 is 19.6 Å². The number of hydrogen-bond donors (Lipinski definition) is 0. The average Bonchev–Trinajstić information content (AvgIpc) is 3.58. The third kappa shape index (κ3) is 5.32. The van der Waals surface area contributed by atoms with Gasteiger partial charge >= 0.3 is 5.97 Å². The molecule has 0 aliphatic carbocycles. The number of esters is 1. The largest absolute Gasteiger partial charge is 0.497 e. The number of allylic oxidation sites excluding steroid dienone is 1. The van der Waals surface area contributed by atoms with Crippen molar-refractivity contribution < 1.29 is 18.7 Å². The first-order valence-electron chi connectivity index (χ1n) is 13.6. The van der Waals surface area contributed by atoms with Crippen LogP contribution in [0.1, 0.15) is 31.0 Å². The molecular weight excluding hydrogens is 567 g/mol. The first kappa shape index (κ1) is 28.0. The van der Waals surface area contributed by atoms with Gasteiger partial charge in [-0.2, -0.15) is 5.10 Å². The van der Waals surface area contributed by atoms with E-state index in [0.29, 0.717) is 43.2 Å². The molecule has 1 atom stereocenters. The molecule has 3 aromatic carbocycles. The lowest BCUT2D eigenvalue weighted by atomic mass is 9.96. The van der Waals surface area contributed by atoms with Gasteiger partial charge in [-0.25, -0.2) is 18.9 Å². The van der Waals surface area contributed by atoms with Crippen molar-refractivity contribution in [2.75, 3.05) is 13.7 Å². The number of ether oxygens (including phenoxy) is 2. The van der Waals surface area contributed by atoms with E-state index in [1.54, 1.807) is 56.0 Å². The molecule has 0 spiro atoms. The van der Waals surface area contributed by atoms with Crippen LogP contribution in [0.4, 0.5) is 4.39 Å². The minimum Gasteiger partial charge on any atom is -0.497 e. The summed E-state index contributed by atoms with van der Waals surface area (Å²) in [4.78, 5) is 32.4. The number of nitrogens with zero attached hydrogens (tertiary/aromatic N) is 4. The fourth-order valence-corrected chi connectivity index (χ4v) is 6.11. The number of aromatic nitrogens is 3. The Morgan fingerprint density at radius 2 is 1.77 bits per heavy atom. The number of carbonyl (C=O) groups is 1. The monoisotopic (exact) mass is 594 g/mol. The Kier molecular flexibility index (Phi) is 7.60. The molecule has 1 aliphatic heterocycles.